The van der Waals surface area contributed by atoms with E-state index < -0.39 is 0 Å². The van der Waals surface area contributed by atoms with Crippen LogP contribution >= 0.6 is 11.3 Å². The number of rotatable bonds is 6. The number of halogens is 1. The number of hydrogen-bond acceptors (Lipinski definition) is 4. The lowest BCUT2D eigenvalue weighted by Crippen LogP contribution is -2.14. The van der Waals surface area contributed by atoms with Gasteiger partial charge in [0.25, 0.3) is 5.91 Å². The molecule has 1 aromatic heterocycles. The number of benzene rings is 5. The topological polar surface area (TPSA) is 71.1 Å². The van der Waals surface area contributed by atoms with Crippen molar-refractivity contribution in [2.75, 3.05) is 10.6 Å². The summed E-state index contributed by atoms with van der Waals surface area (Å²) >= 11 is 1.16. The average Bonchev–Trinajstić information content (AvgIpc) is 3.34. The zero-order valence-corrected chi connectivity index (χ0v) is 21.5. The van der Waals surface area contributed by atoms with Crippen molar-refractivity contribution >= 4 is 54.8 Å². The maximum Gasteiger partial charge on any atom is 0.256 e. The normalized spacial score (nSPS) is 11.0. The van der Waals surface area contributed by atoms with Crippen molar-refractivity contribution in [3.63, 3.8) is 0 Å². The van der Waals surface area contributed by atoms with Gasteiger partial charge in [0.15, 0.2) is 5.13 Å². The molecule has 39 heavy (non-hydrogen) atoms. The van der Waals surface area contributed by atoms with Crippen LogP contribution in [0.5, 0.6) is 0 Å². The van der Waals surface area contributed by atoms with Crippen molar-refractivity contribution in [2.45, 2.75) is 6.42 Å². The number of carbonyl (C=O) groups is 2. The van der Waals surface area contributed by atoms with Crippen LogP contribution in [0.4, 0.5) is 14.5 Å². The van der Waals surface area contributed by atoms with Gasteiger partial charge in [-0.1, -0.05) is 90.2 Å². The van der Waals surface area contributed by atoms with Gasteiger partial charge in [-0.3, -0.25) is 9.59 Å². The summed E-state index contributed by atoms with van der Waals surface area (Å²) in [5.41, 5.74) is 2.50. The predicted molar refractivity (Wildman–Crippen MR) is 156 cm³/mol. The van der Waals surface area contributed by atoms with Crippen LogP contribution < -0.4 is 10.6 Å². The number of nitrogens with zero attached hydrogens (tertiary/aromatic N) is 1. The van der Waals surface area contributed by atoms with Crippen LogP contribution in [-0.4, -0.2) is 16.8 Å². The standard InChI is InChI=1S/C32H22FN3O2S/c33-24-17-15-22(16-18-24)29-31(36-30(38)27-14-6-10-21-8-2-4-13-26(21)27)39-32(35-29)34-28(37)19-23-11-5-9-20-7-1-3-12-25(20)23/h1-18H,19H2,(H,36,38)(H,34,35,37). The lowest BCUT2D eigenvalue weighted by atomic mass is 10.0. The molecule has 0 saturated heterocycles. The van der Waals surface area contributed by atoms with E-state index in [0.29, 0.717) is 27.0 Å². The maximum absolute atomic E-state index is 13.6. The Morgan fingerprint density at radius 1 is 0.718 bits per heavy atom. The van der Waals surface area contributed by atoms with Gasteiger partial charge in [0.1, 0.15) is 16.5 Å². The van der Waals surface area contributed by atoms with E-state index in [0.717, 1.165) is 38.4 Å². The van der Waals surface area contributed by atoms with E-state index in [1.165, 1.54) is 12.1 Å². The van der Waals surface area contributed by atoms with Crippen LogP contribution in [0.3, 0.4) is 0 Å². The lowest BCUT2D eigenvalue weighted by Gasteiger charge is -2.08. The summed E-state index contributed by atoms with van der Waals surface area (Å²) in [5, 5.41) is 10.5. The molecule has 0 spiro atoms. The van der Waals surface area contributed by atoms with Crippen LogP contribution in [0.15, 0.2) is 109 Å². The van der Waals surface area contributed by atoms with E-state index >= 15 is 0 Å². The van der Waals surface area contributed by atoms with Gasteiger partial charge in [-0.05, 0) is 57.4 Å². The quantitative estimate of drug-likeness (QED) is 0.231. The molecule has 0 aliphatic carbocycles. The molecule has 6 aromatic rings. The first-order valence-corrected chi connectivity index (χ1v) is 13.2. The van der Waals surface area contributed by atoms with Crippen molar-refractivity contribution in [1.82, 2.24) is 4.98 Å². The van der Waals surface area contributed by atoms with Gasteiger partial charge in [-0.25, -0.2) is 9.37 Å². The monoisotopic (exact) mass is 531 g/mol. The molecule has 5 aromatic carbocycles. The second-order valence-electron chi connectivity index (χ2n) is 9.05. The minimum Gasteiger partial charge on any atom is -0.312 e. The minimum atomic E-state index is -0.376. The van der Waals surface area contributed by atoms with Crippen molar-refractivity contribution in [3.05, 3.63) is 126 Å². The van der Waals surface area contributed by atoms with E-state index in [1.807, 2.05) is 78.9 Å². The summed E-state index contributed by atoms with van der Waals surface area (Å²) in [4.78, 5) is 31.0. The predicted octanol–water partition coefficient (Wildman–Crippen LogP) is 7.69. The van der Waals surface area contributed by atoms with Crippen molar-refractivity contribution < 1.29 is 14.0 Å². The molecule has 0 aliphatic rings. The van der Waals surface area contributed by atoms with E-state index in [1.54, 1.807) is 18.2 Å². The summed E-state index contributed by atoms with van der Waals surface area (Å²) in [6.07, 6.45) is 0.171. The van der Waals surface area contributed by atoms with E-state index in [9.17, 15) is 14.0 Å². The van der Waals surface area contributed by atoms with E-state index in [4.69, 9.17) is 0 Å². The van der Waals surface area contributed by atoms with Crippen LogP contribution in [0.25, 0.3) is 32.8 Å². The first-order chi connectivity index (χ1) is 19.0. The molecule has 5 nitrogen and oxygen atoms in total. The number of hydrogen-bond donors (Lipinski definition) is 2. The smallest absolute Gasteiger partial charge is 0.256 e. The Hall–Kier alpha value is -4.88. The number of amides is 2. The summed E-state index contributed by atoms with van der Waals surface area (Å²) in [7, 11) is 0. The fraction of sp³-hybridized carbons (Fsp3) is 0.0312. The highest BCUT2D eigenvalue weighted by atomic mass is 32.1. The first-order valence-electron chi connectivity index (χ1n) is 12.4. The van der Waals surface area contributed by atoms with Gasteiger partial charge in [0, 0.05) is 11.1 Å². The van der Waals surface area contributed by atoms with E-state index in [2.05, 4.69) is 15.6 Å². The first kappa shape index (κ1) is 24.5. The van der Waals surface area contributed by atoms with Crippen molar-refractivity contribution in [1.29, 1.82) is 0 Å². The molecule has 0 aliphatic heterocycles. The Bertz CT molecular complexity index is 1840. The van der Waals surface area contributed by atoms with Gasteiger partial charge >= 0.3 is 0 Å². The molecule has 0 unspecified atom stereocenters. The summed E-state index contributed by atoms with van der Waals surface area (Å²) in [5.74, 6) is -0.899. The van der Waals surface area contributed by atoms with Crippen molar-refractivity contribution in [3.8, 4) is 11.3 Å². The average molecular weight is 532 g/mol. The molecular weight excluding hydrogens is 509 g/mol. The Balaban J connectivity index is 1.30. The van der Waals surface area contributed by atoms with Gasteiger partial charge in [-0.2, -0.15) is 0 Å². The molecule has 0 radical (unpaired) electrons. The van der Waals surface area contributed by atoms with Crippen LogP contribution in [0.1, 0.15) is 15.9 Å². The molecule has 0 fully saturated rings. The Morgan fingerprint density at radius 3 is 2.13 bits per heavy atom. The number of anilines is 2. The molecular formula is C32H22FN3O2S. The van der Waals surface area contributed by atoms with Gasteiger partial charge in [-0.15, -0.1) is 0 Å². The minimum absolute atomic E-state index is 0.171. The maximum atomic E-state index is 13.6. The molecule has 7 heteroatoms. The Morgan fingerprint density at radius 2 is 1.36 bits per heavy atom. The molecule has 190 valence electrons. The fourth-order valence-corrected chi connectivity index (χ4v) is 5.54. The fourth-order valence-electron chi connectivity index (χ4n) is 4.64. The van der Waals surface area contributed by atoms with Crippen molar-refractivity contribution in [2.24, 2.45) is 0 Å². The third kappa shape index (κ3) is 5.12. The molecule has 2 amide bonds. The van der Waals surface area contributed by atoms with Gasteiger partial charge < -0.3 is 10.6 Å². The van der Waals surface area contributed by atoms with Gasteiger partial charge in [0.2, 0.25) is 5.91 Å². The Labute approximate surface area is 228 Å². The number of nitrogens with one attached hydrogen (secondary N) is 2. The molecule has 1 heterocycles. The molecule has 2 N–H and O–H groups in total. The van der Waals surface area contributed by atoms with Gasteiger partial charge in [0.05, 0.1) is 6.42 Å². The number of aromatic nitrogens is 1. The van der Waals surface area contributed by atoms with Crippen LogP contribution in [0, 0.1) is 5.82 Å². The second kappa shape index (κ2) is 10.5. The molecule has 6 rings (SSSR count). The lowest BCUT2D eigenvalue weighted by molar-refractivity contribution is -0.115. The molecule has 0 saturated carbocycles. The second-order valence-corrected chi connectivity index (χ2v) is 10.0. The van der Waals surface area contributed by atoms with E-state index in [-0.39, 0.29) is 24.1 Å². The SMILES string of the molecule is O=C(Cc1cccc2ccccc12)Nc1nc(-c2ccc(F)cc2)c(NC(=O)c2cccc3ccccc23)s1. The zero-order valence-electron chi connectivity index (χ0n) is 20.6. The summed E-state index contributed by atoms with van der Waals surface area (Å²) in [6, 6.07) is 32.9. The van der Waals surface area contributed by atoms with Crippen LogP contribution in [-0.2, 0) is 11.2 Å². The third-order valence-corrected chi connectivity index (χ3v) is 7.37. The molecule has 0 atom stereocenters. The number of fused-ring (bicyclic) bond motifs is 2. The van der Waals surface area contributed by atoms with Crippen LogP contribution in [0.2, 0.25) is 0 Å². The third-order valence-electron chi connectivity index (χ3n) is 6.48. The highest BCUT2D eigenvalue weighted by molar-refractivity contribution is 7.20. The largest absolute Gasteiger partial charge is 0.312 e. The zero-order chi connectivity index (χ0) is 26.8. The Kier molecular flexibility index (Phi) is 6.57. The number of thiazole rings is 1. The number of carbonyl (C=O) groups excluding carboxylic acids is 2. The highest BCUT2D eigenvalue weighted by Gasteiger charge is 2.19. The summed E-state index contributed by atoms with van der Waals surface area (Å²) in [6.45, 7) is 0. The molecule has 0 bridgehead atoms. The highest BCUT2D eigenvalue weighted by Crippen LogP contribution is 2.37. The summed E-state index contributed by atoms with van der Waals surface area (Å²) < 4.78 is 13.6.